The van der Waals surface area contributed by atoms with Crippen molar-refractivity contribution >= 4 is 26.7 Å². The van der Waals surface area contributed by atoms with Crippen LogP contribution in [0.1, 0.15) is 5.56 Å². The molecule has 80 valence electrons. The van der Waals surface area contributed by atoms with E-state index in [2.05, 4.69) is 9.71 Å². The Labute approximate surface area is 88.4 Å². The maximum absolute atomic E-state index is 11.0. The Bertz CT molecular complexity index is 599. The molecule has 0 amide bonds. The molecule has 1 heterocycles. The second-order valence-corrected chi connectivity index (χ2v) is 5.40. The number of aryl methyl sites for hydroxylation is 1. The summed E-state index contributed by atoms with van der Waals surface area (Å²) in [5.74, 6) is 0.498. The van der Waals surface area contributed by atoms with Crippen LogP contribution in [0.25, 0.3) is 10.9 Å². The van der Waals surface area contributed by atoms with Gasteiger partial charge in [-0.15, -0.1) is 0 Å². The first-order chi connectivity index (χ1) is 6.94. The predicted octanol–water partition coefficient (Wildman–Crippen LogP) is 1.85. The van der Waals surface area contributed by atoms with Gasteiger partial charge in [-0.25, -0.2) is 8.42 Å². The van der Waals surface area contributed by atoms with E-state index in [1.807, 2.05) is 25.1 Å². The van der Waals surface area contributed by atoms with E-state index in [0.717, 1.165) is 22.7 Å². The standard InChI is InChI=1S/C10H12N2O2S/c1-7-3-4-8-6-10(11-9(8)5-7)12-15(2,13)14/h3-6,11-12H,1-2H3. The second kappa shape index (κ2) is 3.27. The first-order valence-electron chi connectivity index (χ1n) is 4.51. The van der Waals surface area contributed by atoms with Gasteiger partial charge in [0, 0.05) is 10.9 Å². The molecule has 5 heteroatoms. The lowest BCUT2D eigenvalue weighted by Gasteiger charge is -1.97. The van der Waals surface area contributed by atoms with Crippen molar-refractivity contribution in [2.45, 2.75) is 6.92 Å². The van der Waals surface area contributed by atoms with E-state index in [9.17, 15) is 8.42 Å². The third-order valence-corrected chi connectivity index (χ3v) is 2.66. The van der Waals surface area contributed by atoms with E-state index in [1.54, 1.807) is 6.07 Å². The van der Waals surface area contributed by atoms with Crippen LogP contribution in [-0.4, -0.2) is 19.7 Å². The number of anilines is 1. The molecule has 2 rings (SSSR count). The van der Waals surface area contributed by atoms with Gasteiger partial charge in [0.05, 0.1) is 6.26 Å². The van der Waals surface area contributed by atoms with Crippen LogP contribution < -0.4 is 4.72 Å². The molecule has 2 aromatic rings. The number of hydrogen-bond acceptors (Lipinski definition) is 2. The van der Waals surface area contributed by atoms with Gasteiger partial charge in [0.1, 0.15) is 5.82 Å². The molecule has 0 aliphatic carbocycles. The van der Waals surface area contributed by atoms with E-state index in [0.29, 0.717) is 5.82 Å². The Kier molecular flexibility index (Phi) is 2.19. The van der Waals surface area contributed by atoms with Crippen LogP contribution in [0.4, 0.5) is 5.82 Å². The van der Waals surface area contributed by atoms with Crippen LogP contribution in [0.2, 0.25) is 0 Å². The third kappa shape index (κ3) is 2.30. The fourth-order valence-corrected chi connectivity index (χ4v) is 2.01. The zero-order valence-corrected chi connectivity index (χ0v) is 9.35. The average molecular weight is 224 g/mol. The van der Waals surface area contributed by atoms with Crippen molar-refractivity contribution in [1.82, 2.24) is 4.98 Å². The zero-order chi connectivity index (χ0) is 11.1. The Hall–Kier alpha value is -1.49. The maximum atomic E-state index is 11.0. The summed E-state index contributed by atoms with van der Waals surface area (Å²) >= 11 is 0. The minimum atomic E-state index is -3.22. The Morgan fingerprint density at radius 2 is 2.00 bits per heavy atom. The number of sulfonamides is 1. The number of hydrogen-bond donors (Lipinski definition) is 2. The number of fused-ring (bicyclic) bond motifs is 1. The number of H-pyrrole nitrogens is 1. The fourth-order valence-electron chi connectivity index (χ4n) is 1.50. The number of aromatic nitrogens is 1. The van der Waals surface area contributed by atoms with Crippen molar-refractivity contribution in [1.29, 1.82) is 0 Å². The molecule has 0 aliphatic heterocycles. The van der Waals surface area contributed by atoms with E-state index in [-0.39, 0.29) is 0 Å². The predicted molar refractivity (Wildman–Crippen MR) is 61.5 cm³/mol. The Morgan fingerprint density at radius 3 is 2.67 bits per heavy atom. The van der Waals surface area contributed by atoms with Gasteiger partial charge in [-0.3, -0.25) is 4.72 Å². The van der Waals surface area contributed by atoms with Crippen molar-refractivity contribution in [3.05, 3.63) is 29.8 Å². The lowest BCUT2D eigenvalue weighted by molar-refractivity contribution is 0.606. The molecular formula is C10H12N2O2S. The normalized spacial score (nSPS) is 11.9. The van der Waals surface area contributed by atoms with Gasteiger partial charge in [-0.05, 0) is 24.6 Å². The molecule has 0 radical (unpaired) electrons. The summed E-state index contributed by atoms with van der Waals surface area (Å²) in [5, 5.41) is 0.992. The van der Waals surface area contributed by atoms with E-state index in [4.69, 9.17) is 0 Å². The van der Waals surface area contributed by atoms with Gasteiger partial charge >= 0.3 is 0 Å². The number of benzene rings is 1. The summed E-state index contributed by atoms with van der Waals surface area (Å²) in [7, 11) is -3.22. The van der Waals surface area contributed by atoms with Crippen LogP contribution in [0, 0.1) is 6.92 Å². The minimum Gasteiger partial charge on any atom is -0.341 e. The van der Waals surface area contributed by atoms with Gasteiger partial charge in [0.15, 0.2) is 0 Å². The van der Waals surface area contributed by atoms with Gasteiger partial charge < -0.3 is 4.98 Å². The molecule has 1 aromatic heterocycles. The molecule has 0 fully saturated rings. The van der Waals surface area contributed by atoms with Gasteiger partial charge in [0.2, 0.25) is 10.0 Å². The minimum absolute atomic E-state index is 0.498. The quantitative estimate of drug-likeness (QED) is 0.817. The molecule has 0 unspecified atom stereocenters. The molecule has 0 spiro atoms. The first-order valence-corrected chi connectivity index (χ1v) is 6.40. The fraction of sp³-hybridized carbons (Fsp3) is 0.200. The molecule has 0 aliphatic rings. The number of nitrogens with one attached hydrogen (secondary N) is 2. The van der Waals surface area contributed by atoms with Crippen LogP contribution >= 0.6 is 0 Å². The summed E-state index contributed by atoms with van der Waals surface area (Å²) in [6.07, 6.45) is 1.13. The number of aromatic amines is 1. The van der Waals surface area contributed by atoms with E-state index in [1.165, 1.54) is 0 Å². The highest BCUT2D eigenvalue weighted by atomic mass is 32.2. The molecular weight excluding hydrogens is 212 g/mol. The van der Waals surface area contributed by atoms with E-state index >= 15 is 0 Å². The molecule has 15 heavy (non-hydrogen) atoms. The summed E-state index contributed by atoms with van der Waals surface area (Å²) < 4.78 is 24.4. The van der Waals surface area contributed by atoms with Crippen LogP contribution in [0.3, 0.4) is 0 Å². The summed E-state index contributed by atoms with van der Waals surface area (Å²) in [6, 6.07) is 7.69. The molecule has 4 nitrogen and oxygen atoms in total. The van der Waals surface area contributed by atoms with Crippen LogP contribution in [0.5, 0.6) is 0 Å². The smallest absolute Gasteiger partial charge is 0.230 e. The van der Waals surface area contributed by atoms with Gasteiger partial charge in [0.25, 0.3) is 0 Å². The Morgan fingerprint density at radius 1 is 1.27 bits per heavy atom. The summed E-state index contributed by atoms with van der Waals surface area (Å²) in [4.78, 5) is 3.00. The largest absolute Gasteiger partial charge is 0.341 e. The first kappa shape index (κ1) is 10.0. The summed E-state index contributed by atoms with van der Waals surface area (Å²) in [6.45, 7) is 1.99. The molecule has 0 bridgehead atoms. The van der Waals surface area contributed by atoms with Crippen molar-refractivity contribution in [3.63, 3.8) is 0 Å². The lowest BCUT2D eigenvalue weighted by atomic mass is 10.2. The van der Waals surface area contributed by atoms with Gasteiger partial charge in [-0.1, -0.05) is 12.1 Å². The third-order valence-electron chi connectivity index (χ3n) is 2.07. The monoisotopic (exact) mass is 224 g/mol. The topological polar surface area (TPSA) is 62.0 Å². The van der Waals surface area contributed by atoms with Gasteiger partial charge in [-0.2, -0.15) is 0 Å². The second-order valence-electron chi connectivity index (χ2n) is 3.65. The highest BCUT2D eigenvalue weighted by molar-refractivity contribution is 7.92. The van der Waals surface area contributed by atoms with Crippen molar-refractivity contribution in [2.24, 2.45) is 0 Å². The Balaban J connectivity index is 2.48. The van der Waals surface area contributed by atoms with Crippen LogP contribution in [0.15, 0.2) is 24.3 Å². The van der Waals surface area contributed by atoms with Crippen molar-refractivity contribution in [3.8, 4) is 0 Å². The molecule has 0 saturated heterocycles. The summed E-state index contributed by atoms with van der Waals surface area (Å²) in [5.41, 5.74) is 2.07. The average Bonchev–Trinajstić information content (AvgIpc) is 2.42. The molecule has 2 N–H and O–H groups in total. The molecule has 0 saturated carbocycles. The van der Waals surface area contributed by atoms with Crippen LogP contribution in [-0.2, 0) is 10.0 Å². The SMILES string of the molecule is Cc1ccc2cc(NS(C)(=O)=O)[nH]c2c1. The maximum Gasteiger partial charge on any atom is 0.230 e. The zero-order valence-electron chi connectivity index (χ0n) is 8.53. The van der Waals surface area contributed by atoms with Crippen molar-refractivity contribution < 1.29 is 8.42 Å². The highest BCUT2D eigenvalue weighted by Gasteiger charge is 2.05. The molecule has 0 atom stereocenters. The number of rotatable bonds is 2. The van der Waals surface area contributed by atoms with Crippen molar-refractivity contribution in [2.75, 3.05) is 11.0 Å². The molecule has 1 aromatic carbocycles. The lowest BCUT2D eigenvalue weighted by Crippen LogP contribution is -2.09. The highest BCUT2D eigenvalue weighted by Crippen LogP contribution is 2.20. The van der Waals surface area contributed by atoms with E-state index < -0.39 is 10.0 Å².